The Morgan fingerprint density at radius 3 is 2.53 bits per heavy atom. The molecule has 19 heavy (non-hydrogen) atoms. The summed E-state index contributed by atoms with van der Waals surface area (Å²) in [6.45, 7) is 2.90. The van der Waals surface area contributed by atoms with Crippen LogP contribution in [0, 0.1) is 0 Å². The summed E-state index contributed by atoms with van der Waals surface area (Å²) in [5, 5.41) is 13.5. The Balaban J connectivity index is 2.02. The average Bonchev–Trinajstić information content (AvgIpc) is 2.45. The molecule has 0 aliphatic carbocycles. The van der Waals surface area contributed by atoms with Gasteiger partial charge in [0.05, 0.1) is 6.61 Å². The van der Waals surface area contributed by atoms with Crippen LogP contribution >= 0.6 is 11.6 Å². The molecule has 0 heterocycles. The lowest BCUT2D eigenvalue weighted by Crippen LogP contribution is -2.18. The highest BCUT2D eigenvalue weighted by Crippen LogP contribution is 2.18. The lowest BCUT2D eigenvalue weighted by Gasteiger charge is -2.16. The van der Waals surface area contributed by atoms with Crippen molar-refractivity contribution in [2.24, 2.45) is 0 Å². The van der Waals surface area contributed by atoms with Crippen LogP contribution in [0.3, 0.4) is 0 Å². The third kappa shape index (κ3) is 3.80. The van der Waals surface area contributed by atoms with Gasteiger partial charge in [0, 0.05) is 17.6 Å². The quantitative estimate of drug-likeness (QED) is 0.872. The maximum absolute atomic E-state index is 9.29. The maximum Gasteiger partial charge on any atom is 0.0685 e. The molecule has 0 saturated carbocycles. The van der Waals surface area contributed by atoms with Crippen molar-refractivity contribution in [1.29, 1.82) is 0 Å². The van der Waals surface area contributed by atoms with Gasteiger partial charge in [-0.05, 0) is 35.7 Å². The second-order valence-corrected chi connectivity index (χ2v) is 5.02. The van der Waals surface area contributed by atoms with Gasteiger partial charge in [-0.1, -0.05) is 48.0 Å². The van der Waals surface area contributed by atoms with Crippen LogP contribution in [0.25, 0.3) is 0 Å². The number of hydrogen-bond acceptors (Lipinski definition) is 2. The second kappa shape index (κ2) is 6.71. The summed E-state index contributed by atoms with van der Waals surface area (Å²) in [5.41, 5.74) is 3.25. The Morgan fingerprint density at radius 1 is 1.11 bits per heavy atom. The Labute approximate surface area is 119 Å². The summed E-state index contributed by atoms with van der Waals surface area (Å²) in [6, 6.07) is 16.0. The van der Waals surface area contributed by atoms with E-state index >= 15 is 0 Å². The van der Waals surface area contributed by atoms with E-state index in [2.05, 4.69) is 18.3 Å². The number of nitrogens with one attached hydrogen (secondary N) is 1. The Bertz CT molecular complexity index is 542. The summed E-state index contributed by atoms with van der Waals surface area (Å²) in [5.74, 6) is 0. The zero-order chi connectivity index (χ0) is 13.7. The van der Waals surface area contributed by atoms with Crippen molar-refractivity contribution in [3.63, 3.8) is 0 Å². The molecule has 0 spiro atoms. The lowest BCUT2D eigenvalue weighted by atomic mass is 10.1. The Hall–Kier alpha value is -1.35. The van der Waals surface area contributed by atoms with Crippen LogP contribution in [-0.2, 0) is 13.2 Å². The summed E-state index contributed by atoms with van der Waals surface area (Å²) in [7, 11) is 0. The Morgan fingerprint density at radius 2 is 1.84 bits per heavy atom. The summed E-state index contributed by atoms with van der Waals surface area (Å²) in [6.07, 6.45) is 0. The zero-order valence-electron chi connectivity index (χ0n) is 10.9. The predicted molar refractivity (Wildman–Crippen MR) is 79.1 cm³/mol. The van der Waals surface area contributed by atoms with E-state index in [1.54, 1.807) is 0 Å². The highest BCUT2D eigenvalue weighted by atomic mass is 35.5. The van der Waals surface area contributed by atoms with Crippen molar-refractivity contribution >= 4 is 11.6 Å². The first-order valence-electron chi connectivity index (χ1n) is 6.37. The van der Waals surface area contributed by atoms with Gasteiger partial charge in [-0.2, -0.15) is 0 Å². The van der Waals surface area contributed by atoms with Gasteiger partial charge in [-0.25, -0.2) is 0 Å². The van der Waals surface area contributed by atoms with E-state index in [-0.39, 0.29) is 12.6 Å². The van der Waals surface area contributed by atoms with E-state index in [9.17, 15) is 5.11 Å². The van der Waals surface area contributed by atoms with Crippen LogP contribution in [0.15, 0.2) is 48.5 Å². The minimum Gasteiger partial charge on any atom is -0.392 e. The van der Waals surface area contributed by atoms with Crippen LogP contribution in [-0.4, -0.2) is 5.11 Å². The smallest absolute Gasteiger partial charge is 0.0685 e. The minimum atomic E-state index is 0.0728. The van der Waals surface area contributed by atoms with E-state index in [1.165, 1.54) is 0 Å². The molecule has 0 aromatic heterocycles. The molecule has 2 N–H and O–H groups in total. The monoisotopic (exact) mass is 275 g/mol. The average molecular weight is 276 g/mol. The molecule has 2 aromatic carbocycles. The SMILES string of the molecule is CC(NCc1ccccc1CO)c1cccc(Cl)c1. The van der Waals surface area contributed by atoms with Gasteiger partial charge >= 0.3 is 0 Å². The summed E-state index contributed by atoms with van der Waals surface area (Å²) < 4.78 is 0. The van der Waals surface area contributed by atoms with Crippen molar-refractivity contribution in [2.75, 3.05) is 0 Å². The van der Waals surface area contributed by atoms with Crippen LogP contribution in [0.1, 0.15) is 29.7 Å². The second-order valence-electron chi connectivity index (χ2n) is 4.58. The number of hydrogen-bond donors (Lipinski definition) is 2. The van der Waals surface area contributed by atoms with Crippen LogP contribution in [0.5, 0.6) is 0 Å². The molecule has 0 fully saturated rings. The lowest BCUT2D eigenvalue weighted by molar-refractivity contribution is 0.280. The van der Waals surface area contributed by atoms with Gasteiger partial charge in [0.25, 0.3) is 0 Å². The molecule has 0 radical (unpaired) electrons. The summed E-state index contributed by atoms with van der Waals surface area (Å²) in [4.78, 5) is 0. The molecule has 2 aromatic rings. The van der Waals surface area contributed by atoms with Gasteiger partial charge in [0.1, 0.15) is 0 Å². The van der Waals surface area contributed by atoms with Gasteiger partial charge < -0.3 is 10.4 Å². The van der Waals surface area contributed by atoms with E-state index in [1.807, 2.05) is 42.5 Å². The third-order valence-corrected chi connectivity index (χ3v) is 3.47. The molecule has 0 saturated heterocycles. The predicted octanol–water partition coefficient (Wildman–Crippen LogP) is 3.68. The van der Waals surface area contributed by atoms with Crippen molar-refractivity contribution in [2.45, 2.75) is 26.1 Å². The van der Waals surface area contributed by atoms with E-state index in [0.717, 1.165) is 28.3 Å². The molecule has 1 unspecified atom stereocenters. The van der Waals surface area contributed by atoms with Gasteiger partial charge in [0.15, 0.2) is 0 Å². The molecule has 2 nitrogen and oxygen atoms in total. The maximum atomic E-state index is 9.29. The molecule has 3 heteroatoms. The first kappa shape index (κ1) is 14.1. The highest BCUT2D eigenvalue weighted by Gasteiger charge is 2.06. The van der Waals surface area contributed by atoms with Gasteiger partial charge in [0.2, 0.25) is 0 Å². The van der Waals surface area contributed by atoms with Crippen molar-refractivity contribution in [1.82, 2.24) is 5.32 Å². The highest BCUT2D eigenvalue weighted by molar-refractivity contribution is 6.30. The molecular weight excluding hydrogens is 258 g/mol. The fraction of sp³-hybridized carbons (Fsp3) is 0.250. The topological polar surface area (TPSA) is 32.3 Å². The van der Waals surface area contributed by atoms with Crippen LogP contribution < -0.4 is 5.32 Å². The van der Waals surface area contributed by atoms with Crippen molar-refractivity contribution in [3.8, 4) is 0 Å². The van der Waals surface area contributed by atoms with E-state index in [0.29, 0.717) is 0 Å². The molecule has 0 aliphatic rings. The van der Waals surface area contributed by atoms with Gasteiger partial charge in [-0.15, -0.1) is 0 Å². The van der Waals surface area contributed by atoms with Crippen molar-refractivity contribution in [3.05, 3.63) is 70.2 Å². The van der Waals surface area contributed by atoms with Crippen molar-refractivity contribution < 1.29 is 5.11 Å². The number of rotatable bonds is 5. The van der Waals surface area contributed by atoms with Gasteiger partial charge in [-0.3, -0.25) is 0 Å². The molecule has 1 atom stereocenters. The normalized spacial score (nSPS) is 12.4. The first-order valence-corrected chi connectivity index (χ1v) is 6.75. The first-order chi connectivity index (χ1) is 9.20. The number of aliphatic hydroxyl groups excluding tert-OH is 1. The largest absolute Gasteiger partial charge is 0.392 e. The number of benzene rings is 2. The third-order valence-electron chi connectivity index (χ3n) is 3.24. The molecule has 0 bridgehead atoms. The molecule has 0 aliphatic heterocycles. The van der Waals surface area contributed by atoms with E-state index in [4.69, 9.17) is 11.6 Å². The molecule has 2 rings (SSSR count). The zero-order valence-corrected chi connectivity index (χ0v) is 11.7. The number of aliphatic hydroxyl groups is 1. The molecule has 0 amide bonds. The fourth-order valence-electron chi connectivity index (χ4n) is 2.04. The molecule has 100 valence electrons. The summed E-state index contributed by atoms with van der Waals surface area (Å²) >= 11 is 5.99. The standard InChI is InChI=1S/C16H18ClNO/c1-12(13-7-4-8-16(17)9-13)18-10-14-5-2-3-6-15(14)11-19/h2-9,12,18-19H,10-11H2,1H3. The number of halogens is 1. The van der Waals surface area contributed by atoms with E-state index < -0.39 is 0 Å². The minimum absolute atomic E-state index is 0.0728. The Kier molecular flexibility index (Phi) is 4.97. The molecular formula is C16H18ClNO. The van der Waals surface area contributed by atoms with Crippen LogP contribution in [0.2, 0.25) is 5.02 Å². The fourth-order valence-corrected chi connectivity index (χ4v) is 2.24. The van der Waals surface area contributed by atoms with Crippen LogP contribution in [0.4, 0.5) is 0 Å².